The summed E-state index contributed by atoms with van der Waals surface area (Å²) >= 11 is 0. The summed E-state index contributed by atoms with van der Waals surface area (Å²) in [5.74, 6) is 0.523. The third-order valence-corrected chi connectivity index (χ3v) is 3.22. The highest BCUT2D eigenvalue weighted by molar-refractivity contribution is 5.93. The average molecular weight is 281 g/mol. The van der Waals surface area contributed by atoms with Crippen molar-refractivity contribution in [3.05, 3.63) is 72.7 Å². The van der Waals surface area contributed by atoms with Crippen LogP contribution in [-0.4, -0.2) is 15.5 Å². The Labute approximate surface area is 122 Å². The van der Waals surface area contributed by atoms with Crippen LogP contribution in [0.3, 0.4) is 0 Å². The van der Waals surface area contributed by atoms with Gasteiger partial charge in [-0.15, -0.1) is 0 Å². The molecule has 1 atom stereocenters. The molecular weight excluding hydrogens is 266 g/mol. The summed E-state index contributed by atoms with van der Waals surface area (Å²) in [4.78, 5) is 16.5. The van der Waals surface area contributed by atoms with Gasteiger partial charge in [0.25, 0.3) is 5.91 Å². The third kappa shape index (κ3) is 2.72. The van der Waals surface area contributed by atoms with Gasteiger partial charge in [-0.1, -0.05) is 18.2 Å². The monoisotopic (exact) mass is 281 g/mol. The highest BCUT2D eigenvalue weighted by Crippen LogP contribution is 2.15. The van der Waals surface area contributed by atoms with E-state index in [4.69, 9.17) is 4.42 Å². The number of benzene rings is 1. The molecule has 0 aliphatic rings. The summed E-state index contributed by atoms with van der Waals surface area (Å²) in [7, 11) is 0. The zero-order valence-electron chi connectivity index (χ0n) is 11.6. The molecule has 3 aromatic rings. The van der Waals surface area contributed by atoms with E-state index in [1.807, 2.05) is 43.3 Å². The molecule has 1 aromatic carbocycles. The van der Waals surface area contributed by atoms with Gasteiger partial charge in [-0.05, 0) is 31.2 Å². The number of nitrogens with one attached hydrogen (secondary N) is 1. The number of aromatic nitrogens is 2. The fraction of sp³-hybridized carbons (Fsp3) is 0.125. The van der Waals surface area contributed by atoms with Crippen molar-refractivity contribution in [3.8, 4) is 5.69 Å². The van der Waals surface area contributed by atoms with Crippen molar-refractivity contribution < 1.29 is 9.21 Å². The quantitative estimate of drug-likeness (QED) is 0.799. The van der Waals surface area contributed by atoms with E-state index in [1.165, 1.54) is 0 Å². The largest absolute Gasteiger partial charge is 0.467 e. The first kappa shape index (κ1) is 13.2. The molecule has 21 heavy (non-hydrogen) atoms. The number of carbonyl (C=O) groups excluding carboxylic acids is 1. The summed E-state index contributed by atoms with van der Waals surface area (Å²) in [6.07, 6.45) is 4.77. The van der Waals surface area contributed by atoms with Gasteiger partial charge in [-0.2, -0.15) is 0 Å². The second-order valence-corrected chi connectivity index (χ2v) is 4.70. The first-order valence-electron chi connectivity index (χ1n) is 6.68. The molecule has 0 saturated heterocycles. The molecule has 2 aromatic heterocycles. The molecule has 1 N–H and O–H groups in total. The van der Waals surface area contributed by atoms with Crippen molar-refractivity contribution >= 4 is 5.91 Å². The fourth-order valence-electron chi connectivity index (χ4n) is 2.14. The summed E-state index contributed by atoms with van der Waals surface area (Å²) in [5, 5.41) is 2.90. The van der Waals surface area contributed by atoms with Crippen LogP contribution in [0, 0.1) is 0 Å². The number of carbonyl (C=O) groups is 1. The molecule has 1 amide bonds. The number of hydrogen-bond donors (Lipinski definition) is 1. The predicted molar refractivity (Wildman–Crippen MR) is 78.2 cm³/mol. The van der Waals surface area contributed by atoms with Gasteiger partial charge in [0.15, 0.2) is 0 Å². The molecular formula is C16H15N3O2. The van der Waals surface area contributed by atoms with Crippen LogP contribution in [0.25, 0.3) is 5.69 Å². The summed E-state index contributed by atoms with van der Waals surface area (Å²) in [6.45, 7) is 1.87. The SMILES string of the molecule is CC(NC(=O)c1cncn1-c1ccccc1)c1ccco1. The molecule has 1 unspecified atom stereocenters. The Kier molecular flexibility index (Phi) is 3.55. The van der Waals surface area contributed by atoms with Crippen LogP contribution in [-0.2, 0) is 0 Å². The Morgan fingerprint density at radius 3 is 2.76 bits per heavy atom. The molecule has 2 heterocycles. The van der Waals surface area contributed by atoms with Crippen molar-refractivity contribution in [3.63, 3.8) is 0 Å². The van der Waals surface area contributed by atoms with Gasteiger partial charge in [0, 0.05) is 5.69 Å². The first-order chi connectivity index (χ1) is 10.3. The van der Waals surface area contributed by atoms with Gasteiger partial charge in [0.1, 0.15) is 11.5 Å². The number of imidazole rings is 1. The van der Waals surface area contributed by atoms with Gasteiger partial charge in [-0.3, -0.25) is 9.36 Å². The van der Waals surface area contributed by atoms with E-state index in [9.17, 15) is 4.79 Å². The zero-order valence-corrected chi connectivity index (χ0v) is 11.6. The molecule has 0 spiro atoms. The van der Waals surface area contributed by atoms with Crippen LogP contribution in [0.4, 0.5) is 0 Å². The summed E-state index contributed by atoms with van der Waals surface area (Å²) < 4.78 is 7.05. The molecule has 0 bridgehead atoms. The Balaban J connectivity index is 1.82. The number of furan rings is 1. The van der Waals surface area contributed by atoms with Gasteiger partial charge >= 0.3 is 0 Å². The van der Waals surface area contributed by atoms with Crippen molar-refractivity contribution in [2.75, 3.05) is 0 Å². The highest BCUT2D eigenvalue weighted by atomic mass is 16.3. The fourth-order valence-corrected chi connectivity index (χ4v) is 2.14. The van der Waals surface area contributed by atoms with Crippen LogP contribution in [0.15, 0.2) is 65.7 Å². The molecule has 106 valence electrons. The molecule has 0 fully saturated rings. The summed E-state index contributed by atoms with van der Waals surface area (Å²) in [6, 6.07) is 13.0. The Bertz CT molecular complexity index is 717. The Morgan fingerprint density at radius 2 is 2.05 bits per heavy atom. The second kappa shape index (κ2) is 5.66. The maximum Gasteiger partial charge on any atom is 0.270 e. The minimum absolute atomic E-state index is 0.194. The van der Waals surface area contributed by atoms with Crippen LogP contribution >= 0.6 is 0 Å². The van der Waals surface area contributed by atoms with Crippen LogP contribution in [0.1, 0.15) is 29.2 Å². The number of para-hydroxylation sites is 1. The van der Waals surface area contributed by atoms with Crippen LogP contribution < -0.4 is 5.32 Å². The lowest BCUT2D eigenvalue weighted by atomic mass is 10.2. The smallest absolute Gasteiger partial charge is 0.270 e. The second-order valence-electron chi connectivity index (χ2n) is 4.70. The van der Waals surface area contributed by atoms with E-state index in [1.54, 1.807) is 29.4 Å². The minimum atomic E-state index is -0.202. The molecule has 0 radical (unpaired) electrons. The van der Waals surface area contributed by atoms with E-state index in [-0.39, 0.29) is 11.9 Å². The topological polar surface area (TPSA) is 60.1 Å². The Morgan fingerprint density at radius 1 is 1.24 bits per heavy atom. The van der Waals surface area contributed by atoms with E-state index < -0.39 is 0 Å². The van der Waals surface area contributed by atoms with Crippen molar-refractivity contribution in [2.24, 2.45) is 0 Å². The lowest BCUT2D eigenvalue weighted by Crippen LogP contribution is -2.28. The molecule has 5 heteroatoms. The van der Waals surface area contributed by atoms with E-state index in [0.717, 1.165) is 5.69 Å². The molecule has 0 saturated carbocycles. The minimum Gasteiger partial charge on any atom is -0.467 e. The van der Waals surface area contributed by atoms with Gasteiger partial charge in [0.2, 0.25) is 0 Å². The number of nitrogens with zero attached hydrogens (tertiary/aromatic N) is 2. The average Bonchev–Trinajstić information content (AvgIpc) is 3.19. The number of hydrogen-bond acceptors (Lipinski definition) is 3. The molecule has 0 aliphatic heterocycles. The number of rotatable bonds is 4. The highest BCUT2D eigenvalue weighted by Gasteiger charge is 2.17. The normalized spacial score (nSPS) is 12.0. The van der Waals surface area contributed by atoms with Gasteiger partial charge in [0.05, 0.1) is 24.8 Å². The standard InChI is InChI=1S/C16H15N3O2/c1-12(15-8-5-9-21-15)18-16(20)14-10-17-11-19(14)13-6-3-2-4-7-13/h2-12H,1H3,(H,18,20). The molecule has 0 aliphatic carbocycles. The zero-order chi connectivity index (χ0) is 14.7. The third-order valence-electron chi connectivity index (χ3n) is 3.22. The van der Waals surface area contributed by atoms with Crippen LogP contribution in [0.2, 0.25) is 0 Å². The molecule has 3 rings (SSSR count). The van der Waals surface area contributed by atoms with E-state index in [0.29, 0.717) is 11.5 Å². The van der Waals surface area contributed by atoms with Crippen LogP contribution in [0.5, 0.6) is 0 Å². The van der Waals surface area contributed by atoms with E-state index >= 15 is 0 Å². The van der Waals surface area contributed by atoms with Crippen molar-refractivity contribution in [1.29, 1.82) is 0 Å². The lowest BCUT2D eigenvalue weighted by molar-refractivity contribution is 0.0928. The van der Waals surface area contributed by atoms with Gasteiger partial charge < -0.3 is 9.73 Å². The van der Waals surface area contributed by atoms with Gasteiger partial charge in [-0.25, -0.2) is 4.98 Å². The number of amides is 1. The molecule has 5 nitrogen and oxygen atoms in total. The van der Waals surface area contributed by atoms with E-state index in [2.05, 4.69) is 10.3 Å². The van der Waals surface area contributed by atoms with Crippen molar-refractivity contribution in [2.45, 2.75) is 13.0 Å². The first-order valence-corrected chi connectivity index (χ1v) is 6.68. The van der Waals surface area contributed by atoms with Crippen molar-refractivity contribution in [1.82, 2.24) is 14.9 Å². The lowest BCUT2D eigenvalue weighted by Gasteiger charge is -2.12. The Hall–Kier alpha value is -2.82. The maximum atomic E-state index is 12.4. The maximum absolute atomic E-state index is 12.4. The summed E-state index contributed by atoms with van der Waals surface area (Å²) in [5.41, 5.74) is 1.38. The predicted octanol–water partition coefficient (Wildman–Crippen LogP) is 2.96.